The molecule has 11 heteroatoms. The number of benzene rings is 1. The van der Waals surface area contributed by atoms with Gasteiger partial charge in [0.05, 0.1) is 30.6 Å². The number of hydrogen-bond donors (Lipinski definition) is 5. The van der Waals surface area contributed by atoms with Crippen LogP contribution in [0.4, 0.5) is 10.1 Å². The van der Waals surface area contributed by atoms with E-state index in [1.807, 2.05) is 6.92 Å². The average molecular weight is 467 g/mol. The van der Waals surface area contributed by atoms with Crippen LogP contribution in [0.1, 0.15) is 35.0 Å². The fourth-order valence-electron chi connectivity index (χ4n) is 3.27. The summed E-state index contributed by atoms with van der Waals surface area (Å²) in [7, 11) is 1.56. The molecule has 10 nitrogen and oxygen atoms in total. The molecule has 1 amide bonds. The Bertz CT molecular complexity index is 1210. The first-order valence-electron chi connectivity index (χ1n) is 10.7. The van der Waals surface area contributed by atoms with Gasteiger partial charge < -0.3 is 25.8 Å². The van der Waals surface area contributed by atoms with Gasteiger partial charge in [-0.25, -0.2) is 14.4 Å². The molecule has 0 bridgehead atoms. The quantitative estimate of drug-likeness (QED) is 0.205. The molecule has 1 aromatic carbocycles. The van der Waals surface area contributed by atoms with Gasteiger partial charge in [0.1, 0.15) is 17.0 Å². The van der Waals surface area contributed by atoms with Gasteiger partial charge in [-0.2, -0.15) is 0 Å². The fourth-order valence-corrected chi connectivity index (χ4v) is 3.27. The van der Waals surface area contributed by atoms with Crippen LogP contribution in [0.15, 0.2) is 35.6 Å². The number of fused-ring (bicyclic) bond motifs is 1. The summed E-state index contributed by atoms with van der Waals surface area (Å²) in [4.78, 5) is 28.6. The van der Waals surface area contributed by atoms with Crippen molar-refractivity contribution in [1.29, 1.82) is 10.8 Å². The molecule has 1 unspecified atom stereocenters. The summed E-state index contributed by atoms with van der Waals surface area (Å²) >= 11 is 0. The maximum absolute atomic E-state index is 13.9. The molecule has 3 rings (SSSR count). The zero-order valence-electron chi connectivity index (χ0n) is 19.0. The van der Waals surface area contributed by atoms with E-state index in [2.05, 4.69) is 30.6 Å². The van der Waals surface area contributed by atoms with Crippen LogP contribution in [-0.4, -0.2) is 71.8 Å². The molecule has 2 heterocycles. The minimum absolute atomic E-state index is 0.0320. The number of rotatable bonds is 12. The van der Waals surface area contributed by atoms with Gasteiger partial charge in [-0.15, -0.1) is 0 Å². The summed E-state index contributed by atoms with van der Waals surface area (Å²) in [6.45, 7) is 3.05. The Hall–Kier alpha value is -3.99. The summed E-state index contributed by atoms with van der Waals surface area (Å²) in [6, 6.07) is 3.89. The van der Waals surface area contributed by atoms with E-state index in [0.717, 1.165) is 0 Å². The minimum atomic E-state index is -0.442. The van der Waals surface area contributed by atoms with E-state index in [0.29, 0.717) is 54.1 Å². The van der Waals surface area contributed by atoms with Gasteiger partial charge in [0.2, 0.25) is 0 Å². The number of ether oxygens (including phenoxy) is 1. The maximum atomic E-state index is 13.9. The van der Waals surface area contributed by atoms with Crippen molar-refractivity contribution in [3.05, 3.63) is 53.2 Å². The van der Waals surface area contributed by atoms with Gasteiger partial charge in [-0.1, -0.05) is 0 Å². The van der Waals surface area contributed by atoms with Crippen molar-refractivity contribution in [3.63, 3.8) is 0 Å². The predicted molar refractivity (Wildman–Crippen MR) is 130 cm³/mol. The van der Waals surface area contributed by atoms with Crippen molar-refractivity contribution < 1.29 is 13.9 Å². The number of carbonyl (C=O) groups excluding carboxylic acids is 1. The zero-order valence-corrected chi connectivity index (χ0v) is 19.0. The molecule has 0 saturated heterocycles. The number of methoxy groups -OCH3 is 1. The summed E-state index contributed by atoms with van der Waals surface area (Å²) in [5.74, 6) is -0.774. The van der Waals surface area contributed by atoms with Crippen molar-refractivity contribution in [2.24, 2.45) is 4.99 Å². The highest BCUT2D eigenvalue weighted by molar-refractivity contribution is 6.14. The molecule has 34 heavy (non-hydrogen) atoms. The van der Waals surface area contributed by atoms with E-state index >= 15 is 0 Å². The molecule has 5 N–H and O–H groups in total. The number of aliphatic imine (C=N–C) groups is 1. The number of hydrogen-bond acceptors (Lipinski definition) is 8. The Kier molecular flexibility index (Phi) is 8.52. The van der Waals surface area contributed by atoms with E-state index in [4.69, 9.17) is 15.6 Å². The third kappa shape index (κ3) is 6.07. The van der Waals surface area contributed by atoms with Crippen LogP contribution < -0.4 is 10.6 Å². The largest absolute Gasteiger partial charge is 0.383 e. The van der Waals surface area contributed by atoms with E-state index in [9.17, 15) is 9.18 Å². The second-order valence-electron chi connectivity index (χ2n) is 7.50. The first kappa shape index (κ1) is 24.6. The van der Waals surface area contributed by atoms with Crippen LogP contribution in [-0.2, 0) is 4.74 Å². The first-order valence-corrected chi connectivity index (χ1v) is 10.7. The Morgan fingerprint density at radius 1 is 1.38 bits per heavy atom. The van der Waals surface area contributed by atoms with Gasteiger partial charge >= 0.3 is 0 Å². The highest BCUT2D eigenvalue weighted by Crippen LogP contribution is 2.22. The molecule has 3 aromatic rings. The third-order valence-corrected chi connectivity index (χ3v) is 4.84. The minimum Gasteiger partial charge on any atom is -0.383 e. The van der Waals surface area contributed by atoms with Gasteiger partial charge in [-0.05, 0) is 25.1 Å². The highest BCUT2D eigenvalue weighted by atomic mass is 19.1. The van der Waals surface area contributed by atoms with Crippen LogP contribution in [0.5, 0.6) is 0 Å². The maximum Gasteiger partial charge on any atom is 0.255 e. The van der Waals surface area contributed by atoms with Crippen molar-refractivity contribution >= 4 is 40.9 Å². The van der Waals surface area contributed by atoms with Crippen molar-refractivity contribution in [2.45, 2.75) is 19.4 Å². The molecule has 0 radical (unpaired) electrons. The molecule has 0 saturated carbocycles. The topological polar surface area (TPSA) is 152 Å². The van der Waals surface area contributed by atoms with E-state index in [1.165, 1.54) is 36.8 Å². The Morgan fingerprint density at radius 3 is 2.97 bits per heavy atom. The van der Waals surface area contributed by atoms with Gasteiger partial charge in [0, 0.05) is 56.0 Å². The van der Waals surface area contributed by atoms with E-state index < -0.39 is 5.82 Å². The lowest BCUT2D eigenvalue weighted by molar-refractivity contribution is 0.0907. The lowest BCUT2D eigenvalue weighted by Gasteiger charge is -2.13. The molecule has 0 spiro atoms. The molecule has 0 aliphatic rings. The molecular weight excluding hydrogens is 439 g/mol. The smallest absolute Gasteiger partial charge is 0.255 e. The second kappa shape index (κ2) is 11.8. The molecule has 0 aliphatic carbocycles. The highest BCUT2D eigenvalue weighted by Gasteiger charge is 2.19. The molecule has 2 aromatic heterocycles. The number of carbonyl (C=O) groups is 1. The summed E-state index contributed by atoms with van der Waals surface area (Å²) in [5, 5.41) is 21.6. The van der Waals surface area contributed by atoms with Crippen LogP contribution in [0.2, 0.25) is 0 Å². The number of halogens is 1. The Morgan fingerprint density at radius 2 is 2.21 bits per heavy atom. The number of aromatic nitrogens is 3. The van der Waals surface area contributed by atoms with Gasteiger partial charge in [-0.3, -0.25) is 15.2 Å². The van der Waals surface area contributed by atoms with Crippen molar-refractivity contribution in [3.8, 4) is 0 Å². The predicted octanol–water partition coefficient (Wildman–Crippen LogP) is 2.80. The normalized spacial score (nSPS) is 12.1. The molecular formula is C23H27FN8O2. The summed E-state index contributed by atoms with van der Waals surface area (Å²) in [5.41, 5.74) is 2.20. The number of anilines is 1. The van der Waals surface area contributed by atoms with Crippen LogP contribution in [0.25, 0.3) is 11.2 Å². The fraction of sp³-hybridized carbons (Fsp3) is 0.304. The van der Waals surface area contributed by atoms with Crippen molar-refractivity contribution in [1.82, 2.24) is 20.3 Å². The standard InChI is InChI=1S/C23H27FN8O2/c1-14(13-34-2)31-23(33)17-11-29-22-21(17)32-19(12-30-22)20(26)16-5-4-15(24)10-18(16)28-9-8-27-7-3-6-25/h4-7,10-12,14,25-26,28H,3,8-9,13H2,1-2H3,(H,29,30)(H,31,33). The number of amides is 1. The number of nitrogens with one attached hydrogen (secondary N) is 5. The SMILES string of the molecule is COCC(C)NC(=O)c1c[nH]c2ncc(C(=N)c3ccc(F)cc3NCCN=CCC=N)nc12. The molecule has 178 valence electrons. The molecule has 1 atom stereocenters. The number of H-pyrrole nitrogens is 1. The second-order valence-corrected chi connectivity index (χ2v) is 7.50. The lowest BCUT2D eigenvalue weighted by atomic mass is 10.0. The molecule has 0 aliphatic heterocycles. The van der Waals surface area contributed by atoms with Crippen LogP contribution >= 0.6 is 0 Å². The average Bonchev–Trinajstić information content (AvgIpc) is 3.24. The summed E-state index contributed by atoms with van der Waals surface area (Å²) < 4.78 is 19.0. The summed E-state index contributed by atoms with van der Waals surface area (Å²) in [6.07, 6.45) is 6.30. The van der Waals surface area contributed by atoms with Gasteiger partial charge in [0.15, 0.2) is 5.65 Å². The van der Waals surface area contributed by atoms with E-state index in [1.54, 1.807) is 13.3 Å². The Balaban J connectivity index is 1.84. The van der Waals surface area contributed by atoms with Crippen molar-refractivity contribution in [2.75, 3.05) is 32.1 Å². The zero-order chi connectivity index (χ0) is 24.5. The van der Waals surface area contributed by atoms with Crippen LogP contribution in [0, 0.1) is 16.6 Å². The third-order valence-electron chi connectivity index (χ3n) is 4.84. The number of nitrogens with zero attached hydrogens (tertiary/aromatic N) is 3. The number of aromatic amines is 1. The monoisotopic (exact) mass is 466 g/mol. The van der Waals surface area contributed by atoms with E-state index in [-0.39, 0.29) is 23.4 Å². The lowest BCUT2D eigenvalue weighted by Crippen LogP contribution is -2.35. The first-order chi connectivity index (χ1) is 16.4. The molecule has 0 fully saturated rings. The van der Waals surface area contributed by atoms with Crippen LogP contribution in [0.3, 0.4) is 0 Å². The van der Waals surface area contributed by atoms with Gasteiger partial charge in [0.25, 0.3) is 5.91 Å². The Labute approximate surface area is 196 Å².